The Hall–Kier alpha value is -1.51. The fourth-order valence-electron chi connectivity index (χ4n) is 2.75. The normalized spacial score (nSPS) is 19.2. The number of hydrogen-bond donors (Lipinski definition) is 1. The average Bonchev–Trinajstić information content (AvgIpc) is 2.47. The van der Waals surface area contributed by atoms with E-state index in [0.717, 1.165) is 31.6 Å². The second-order valence-corrected chi connectivity index (χ2v) is 5.95. The molecule has 20 heavy (non-hydrogen) atoms. The number of nitrogens with zero attached hydrogens (tertiary/aromatic N) is 1. The van der Waals surface area contributed by atoms with Gasteiger partial charge in [0.05, 0.1) is 0 Å². The zero-order valence-corrected chi connectivity index (χ0v) is 12.9. The molecule has 1 fully saturated rings. The Morgan fingerprint density at radius 3 is 2.65 bits per heavy atom. The van der Waals surface area contributed by atoms with E-state index in [1.54, 1.807) is 0 Å². The first-order valence-electron chi connectivity index (χ1n) is 7.74. The quantitative estimate of drug-likeness (QED) is 0.909. The van der Waals surface area contributed by atoms with Gasteiger partial charge in [-0.05, 0) is 36.5 Å². The molecule has 1 unspecified atom stereocenters. The topological polar surface area (TPSA) is 32.3 Å². The number of hydrogen-bond acceptors (Lipinski definition) is 2. The van der Waals surface area contributed by atoms with E-state index in [2.05, 4.69) is 43.4 Å². The van der Waals surface area contributed by atoms with Gasteiger partial charge in [-0.25, -0.2) is 0 Å². The number of amides is 1. The van der Waals surface area contributed by atoms with E-state index in [1.165, 1.54) is 5.56 Å². The van der Waals surface area contributed by atoms with Crippen LogP contribution in [0.4, 0.5) is 5.69 Å². The Morgan fingerprint density at radius 2 is 2.05 bits per heavy atom. The summed E-state index contributed by atoms with van der Waals surface area (Å²) in [6, 6.07) is 9.05. The number of likely N-dealkylation sites (tertiary alicyclic amines) is 1. The molecule has 1 aromatic carbocycles. The molecule has 0 spiro atoms. The van der Waals surface area contributed by atoms with Crippen LogP contribution in [0.15, 0.2) is 24.3 Å². The van der Waals surface area contributed by atoms with Crippen LogP contribution in [0.1, 0.15) is 51.5 Å². The third-order valence-electron chi connectivity index (χ3n) is 4.02. The van der Waals surface area contributed by atoms with E-state index in [0.29, 0.717) is 18.4 Å². The molecular formula is C17H26N2O. The highest BCUT2D eigenvalue weighted by atomic mass is 16.2. The Bertz CT molecular complexity index is 439. The molecule has 1 saturated heterocycles. The van der Waals surface area contributed by atoms with Gasteiger partial charge in [-0.15, -0.1) is 0 Å². The Morgan fingerprint density at radius 1 is 1.35 bits per heavy atom. The smallest absolute Gasteiger partial charge is 0.222 e. The van der Waals surface area contributed by atoms with Crippen molar-refractivity contribution in [2.75, 3.05) is 18.4 Å². The minimum atomic E-state index is 0.270. The molecule has 1 N–H and O–H groups in total. The molecule has 1 aliphatic rings. The van der Waals surface area contributed by atoms with E-state index in [-0.39, 0.29) is 5.91 Å². The van der Waals surface area contributed by atoms with Gasteiger partial charge in [0.15, 0.2) is 0 Å². The van der Waals surface area contributed by atoms with Gasteiger partial charge in [0.2, 0.25) is 5.91 Å². The lowest BCUT2D eigenvalue weighted by Gasteiger charge is -2.33. The number of benzene rings is 1. The first kappa shape index (κ1) is 14.9. The van der Waals surface area contributed by atoms with Crippen molar-refractivity contribution in [3.05, 3.63) is 29.8 Å². The molecule has 3 nitrogen and oxygen atoms in total. The third-order valence-corrected chi connectivity index (χ3v) is 4.02. The lowest BCUT2D eigenvalue weighted by atomic mass is 10.0. The summed E-state index contributed by atoms with van der Waals surface area (Å²) in [5, 5.41) is 3.56. The molecule has 1 aromatic rings. The lowest BCUT2D eigenvalue weighted by Crippen LogP contribution is -2.44. The molecule has 1 heterocycles. The molecule has 1 aliphatic heterocycles. The zero-order chi connectivity index (χ0) is 14.5. The molecule has 0 radical (unpaired) electrons. The minimum Gasteiger partial charge on any atom is -0.381 e. The van der Waals surface area contributed by atoms with E-state index in [9.17, 15) is 4.79 Å². The third kappa shape index (κ3) is 3.75. The first-order valence-corrected chi connectivity index (χ1v) is 7.74. The monoisotopic (exact) mass is 274 g/mol. The highest BCUT2D eigenvalue weighted by Gasteiger charge is 2.22. The molecule has 0 aliphatic carbocycles. The van der Waals surface area contributed by atoms with Crippen molar-refractivity contribution in [3.63, 3.8) is 0 Å². The summed E-state index contributed by atoms with van der Waals surface area (Å²) in [6.07, 6.45) is 2.84. The second-order valence-electron chi connectivity index (χ2n) is 5.95. The molecule has 1 atom stereocenters. The number of nitrogens with one attached hydrogen (secondary N) is 1. The Labute approximate surface area is 122 Å². The lowest BCUT2D eigenvalue weighted by molar-refractivity contribution is -0.131. The van der Waals surface area contributed by atoms with Crippen molar-refractivity contribution in [2.24, 2.45) is 0 Å². The largest absolute Gasteiger partial charge is 0.381 e. The van der Waals surface area contributed by atoms with Crippen molar-refractivity contribution >= 4 is 11.6 Å². The van der Waals surface area contributed by atoms with Crippen LogP contribution in [0.5, 0.6) is 0 Å². The van der Waals surface area contributed by atoms with Gasteiger partial charge in [0.1, 0.15) is 0 Å². The highest BCUT2D eigenvalue weighted by Crippen LogP contribution is 2.20. The van der Waals surface area contributed by atoms with Crippen molar-refractivity contribution in [2.45, 2.75) is 52.0 Å². The van der Waals surface area contributed by atoms with Crippen LogP contribution in [0.2, 0.25) is 0 Å². The van der Waals surface area contributed by atoms with Crippen LogP contribution in [-0.2, 0) is 4.79 Å². The molecule has 0 saturated carbocycles. The molecule has 110 valence electrons. The maximum absolute atomic E-state index is 11.8. The van der Waals surface area contributed by atoms with Crippen molar-refractivity contribution in [1.82, 2.24) is 4.90 Å². The standard InChI is InChI=1S/C17H26N2O/c1-4-17(20)19-11-5-6-16(12-19)18-15-9-7-14(8-10-15)13(2)3/h7-10,13,16,18H,4-6,11-12H2,1-3H3. The van der Waals surface area contributed by atoms with Gasteiger partial charge in [-0.1, -0.05) is 32.9 Å². The SMILES string of the molecule is CCC(=O)N1CCCC(Nc2ccc(C(C)C)cc2)C1. The summed E-state index contributed by atoms with van der Waals surface area (Å²) in [7, 11) is 0. The van der Waals surface area contributed by atoms with Crippen molar-refractivity contribution in [3.8, 4) is 0 Å². The first-order chi connectivity index (χ1) is 9.60. The van der Waals surface area contributed by atoms with E-state index >= 15 is 0 Å². The predicted octanol–water partition coefficient (Wildman–Crippen LogP) is 3.62. The van der Waals surface area contributed by atoms with E-state index in [1.807, 2.05) is 11.8 Å². The maximum Gasteiger partial charge on any atom is 0.222 e. The molecule has 0 bridgehead atoms. The van der Waals surface area contributed by atoms with Crippen LogP contribution in [-0.4, -0.2) is 29.9 Å². The van der Waals surface area contributed by atoms with Gasteiger partial charge in [-0.3, -0.25) is 4.79 Å². The summed E-state index contributed by atoms with van der Waals surface area (Å²) < 4.78 is 0. The van der Waals surface area contributed by atoms with Crippen molar-refractivity contribution < 1.29 is 4.79 Å². The van der Waals surface area contributed by atoms with E-state index < -0.39 is 0 Å². The fourth-order valence-corrected chi connectivity index (χ4v) is 2.75. The van der Waals surface area contributed by atoms with Crippen LogP contribution in [0.25, 0.3) is 0 Å². The number of carbonyl (C=O) groups is 1. The number of piperidine rings is 1. The van der Waals surface area contributed by atoms with Gasteiger partial charge in [0.25, 0.3) is 0 Å². The Kier molecular flexibility index (Phi) is 5.05. The number of rotatable bonds is 4. The van der Waals surface area contributed by atoms with Gasteiger partial charge < -0.3 is 10.2 Å². The molecule has 1 amide bonds. The van der Waals surface area contributed by atoms with Crippen LogP contribution in [0, 0.1) is 0 Å². The molecular weight excluding hydrogens is 248 g/mol. The minimum absolute atomic E-state index is 0.270. The zero-order valence-electron chi connectivity index (χ0n) is 12.9. The summed E-state index contributed by atoms with van der Waals surface area (Å²) >= 11 is 0. The molecule has 2 rings (SSSR count). The summed E-state index contributed by atoms with van der Waals surface area (Å²) in [6.45, 7) is 8.09. The van der Waals surface area contributed by atoms with E-state index in [4.69, 9.17) is 0 Å². The van der Waals surface area contributed by atoms with Crippen LogP contribution >= 0.6 is 0 Å². The highest BCUT2D eigenvalue weighted by molar-refractivity contribution is 5.76. The fraction of sp³-hybridized carbons (Fsp3) is 0.588. The average molecular weight is 274 g/mol. The second kappa shape index (κ2) is 6.78. The maximum atomic E-state index is 11.8. The van der Waals surface area contributed by atoms with Crippen LogP contribution < -0.4 is 5.32 Å². The summed E-state index contributed by atoms with van der Waals surface area (Å²) in [4.78, 5) is 13.8. The number of anilines is 1. The predicted molar refractivity (Wildman–Crippen MR) is 84.0 cm³/mol. The summed E-state index contributed by atoms with van der Waals surface area (Å²) in [5.41, 5.74) is 2.52. The van der Waals surface area contributed by atoms with Crippen molar-refractivity contribution in [1.29, 1.82) is 0 Å². The number of carbonyl (C=O) groups excluding carboxylic acids is 1. The Balaban J connectivity index is 1.94. The van der Waals surface area contributed by atoms with Gasteiger partial charge in [0, 0.05) is 31.2 Å². The van der Waals surface area contributed by atoms with Gasteiger partial charge >= 0.3 is 0 Å². The van der Waals surface area contributed by atoms with Crippen LogP contribution in [0.3, 0.4) is 0 Å². The van der Waals surface area contributed by atoms with Gasteiger partial charge in [-0.2, -0.15) is 0 Å². The summed E-state index contributed by atoms with van der Waals surface area (Å²) in [5.74, 6) is 0.836. The molecule has 0 aromatic heterocycles. The molecule has 3 heteroatoms.